The molecule has 3 aromatic rings. The Morgan fingerprint density at radius 3 is 2.65 bits per heavy atom. The lowest BCUT2D eigenvalue weighted by molar-refractivity contribution is -0.145. The lowest BCUT2D eigenvalue weighted by Crippen LogP contribution is -2.44. The van der Waals surface area contributed by atoms with Crippen molar-refractivity contribution in [2.24, 2.45) is 11.8 Å². The molecule has 7 nitrogen and oxygen atoms in total. The molecule has 1 spiro atoms. The second-order valence-corrected chi connectivity index (χ2v) is 11.6. The molecule has 5 atom stereocenters. The Morgan fingerprint density at radius 1 is 1.27 bits per heavy atom. The minimum Gasteiger partial charge on any atom is -0.382 e. The van der Waals surface area contributed by atoms with Gasteiger partial charge < -0.3 is 14.7 Å². The Hall–Kier alpha value is -2.62. The zero-order valence-corrected chi connectivity index (χ0v) is 23.2. The van der Waals surface area contributed by atoms with Gasteiger partial charge in [-0.05, 0) is 60.3 Å². The number of hydrogen-bond acceptors (Lipinski definition) is 5. The van der Waals surface area contributed by atoms with Crippen LogP contribution >= 0.6 is 15.9 Å². The molecule has 1 amide bonds. The van der Waals surface area contributed by atoms with Gasteiger partial charge in [0.1, 0.15) is 17.5 Å². The second kappa shape index (κ2) is 9.29. The van der Waals surface area contributed by atoms with Crippen LogP contribution in [0.1, 0.15) is 55.7 Å². The number of likely N-dealkylation sites (N-methyl/N-ethyl adjacent to an activating group) is 1. The number of aliphatic hydroxyl groups is 1. The molecule has 2 aliphatic heterocycles. The van der Waals surface area contributed by atoms with E-state index in [4.69, 9.17) is 4.74 Å². The third-order valence-corrected chi connectivity index (χ3v) is 8.48. The smallest absolute Gasteiger partial charge is 0.264 e. The first-order valence-electron chi connectivity index (χ1n) is 12.5. The number of aliphatic hydroxyl groups excluding tert-OH is 1. The summed E-state index contributed by atoms with van der Waals surface area (Å²) < 4.78 is 24.9. The molecule has 1 aromatic heterocycles. The first kappa shape index (κ1) is 26.0. The largest absolute Gasteiger partial charge is 0.382 e. The van der Waals surface area contributed by atoms with Gasteiger partial charge in [0, 0.05) is 35.5 Å². The van der Waals surface area contributed by atoms with E-state index in [1.165, 1.54) is 0 Å². The van der Waals surface area contributed by atoms with E-state index in [2.05, 4.69) is 26.2 Å². The lowest BCUT2D eigenvalue weighted by Gasteiger charge is -2.32. The maximum atomic E-state index is 15.7. The highest BCUT2D eigenvalue weighted by Gasteiger charge is 2.65. The summed E-state index contributed by atoms with van der Waals surface area (Å²) in [6.45, 7) is 7.42. The maximum absolute atomic E-state index is 15.7. The van der Waals surface area contributed by atoms with E-state index >= 15 is 4.39 Å². The molecule has 37 heavy (non-hydrogen) atoms. The van der Waals surface area contributed by atoms with E-state index in [0.717, 1.165) is 26.9 Å². The first-order valence-corrected chi connectivity index (χ1v) is 13.3. The minimum atomic E-state index is -1.58. The fourth-order valence-corrected chi connectivity index (χ4v) is 7.10. The van der Waals surface area contributed by atoms with Crippen molar-refractivity contribution >= 4 is 27.5 Å². The van der Waals surface area contributed by atoms with E-state index < -0.39 is 35.3 Å². The Labute approximate surface area is 224 Å². The fourth-order valence-electron chi connectivity index (χ4n) is 6.26. The number of anilines is 1. The number of benzene rings is 2. The number of halogens is 2. The van der Waals surface area contributed by atoms with E-state index in [0.29, 0.717) is 18.7 Å². The average molecular weight is 571 g/mol. The third-order valence-electron chi connectivity index (χ3n) is 7.87. The molecule has 0 radical (unpaired) electrons. The molecule has 5 rings (SSSR count). The molecule has 9 heteroatoms. The van der Waals surface area contributed by atoms with Crippen molar-refractivity contribution in [1.82, 2.24) is 15.0 Å². The van der Waals surface area contributed by atoms with Gasteiger partial charge in [0.05, 0.1) is 18.0 Å². The maximum Gasteiger partial charge on any atom is 0.264 e. The molecular formula is C28H32BrFN4O3. The highest BCUT2D eigenvalue weighted by molar-refractivity contribution is 9.10. The van der Waals surface area contributed by atoms with Crippen molar-refractivity contribution in [2.45, 2.75) is 64.1 Å². The molecular weight excluding hydrogens is 539 g/mol. The molecule has 2 aromatic carbocycles. The molecule has 0 bridgehead atoms. The van der Waals surface area contributed by atoms with Gasteiger partial charge in [-0.2, -0.15) is 0 Å². The van der Waals surface area contributed by atoms with Crippen LogP contribution in [-0.2, 0) is 21.7 Å². The molecule has 0 aliphatic carbocycles. The van der Waals surface area contributed by atoms with Crippen LogP contribution in [0.2, 0.25) is 0 Å². The van der Waals surface area contributed by atoms with Crippen LogP contribution in [-0.4, -0.2) is 44.8 Å². The zero-order chi connectivity index (χ0) is 26.7. The first-order chi connectivity index (χ1) is 17.4. The predicted molar refractivity (Wildman–Crippen MR) is 142 cm³/mol. The molecule has 1 N–H and O–H groups in total. The van der Waals surface area contributed by atoms with Gasteiger partial charge in [0.25, 0.3) is 5.91 Å². The number of carbonyl (C=O) groups is 1. The molecule has 3 heterocycles. The second-order valence-electron chi connectivity index (χ2n) is 10.8. The number of nitrogens with zero attached hydrogens (tertiary/aromatic N) is 4. The van der Waals surface area contributed by atoms with Crippen LogP contribution in [0.15, 0.2) is 53.1 Å². The SMILES string of the molecule is Cc1cc(Br)c2c(c1)[C@]1(O[C@@H](CCn3cc([C@H](O)c4ccccc4)nn3)[C@H](C(C)(C)F)[C@H]1C)C(=O)N2C. The molecule has 0 saturated carbocycles. The fraction of sp³-hybridized carbons (Fsp3) is 0.464. The normalized spacial score (nSPS) is 26.2. The Kier molecular flexibility index (Phi) is 6.53. The van der Waals surface area contributed by atoms with Crippen LogP contribution in [0.4, 0.5) is 10.1 Å². The number of hydrogen-bond donors (Lipinski definition) is 1. The van der Waals surface area contributed by atoms with Crippen molar-refractivity contribution in [2.75, 3.05) is 11.9 Å². The van der Waals surface area contributed by atoms with Crippen molar-refractivity contribution in [3.63, 3.8) is 0 Å². The molecule has 1 saturated heterocycles. The number of fused-ring (bicyclic) bond motifs is 2. The Balaban J connectivity index is 1.43. The van der Waals surface area contributed by atoms with Gasteiger partial charge in [0.2, 0.25) is 0 Å². The summed E-state index contributed by atoms with van der Waals surface area (Å²) in [6.07, 6.45) is 0.729. The average Bonchev–Trinajstić information content (AvgIpc) is 3.49. The number of ether oxygens (including phenoxy) is 1. The number of alkyl halides is 1. The molecule has 0 unspecified atom stereocenters. The highest BCUT2D eigenvalue weighted by Crippen LogP contribution is 2.59. The minimum absolute atomic E-state index is 0.174. The van der Waals surface area contributed by atoms with E-state index in [9.17, 15) is 9.90 Å². The van der Waals surface area contributed by atoms with Crippen molar-refractivity contribution < 1.29 is 19.0 Å². The van der Waals surface area contributed by atoms with Gasteiger partial charge in [-0.1, -0.05) is 48.5 Å². The topological polar surface area (TPSA) is 80.5 Å². The summed E-state index contributed by atoms with van der Waals surface area (Å²) in [5.41, 5.74) is 0.886. The number of rotatable bonds is 6. The molecule has 196 valence electrons. The Morgan fingerprint density at radius 2 is 1.97 bits per heavy atom. The van der Waals surface area contributed by atoms with Crippen molar-refractivity contribution in [1.29, 1.82) is 0 Å². The summed E-state index contributed by atoms with van der Waals surface area (Å²) in [6, 6.07) is 13.2. The Bertz CT molecular complexity index is 1320. The van der Waals surface area contributed by atoms with Gasteiger partial charge >= 0.3 is 0 Å². The van der Waals surface area contributed by atoms with Gasteiger partial charge in [-0.3, -0.25) is 9.48 Å². The number of aromatic nitrogens is 3. The van der Waals surface area contributed by atoms with E-state index in [1.54, 1.807) is 36.7 Å². The zero-order valence-electron chi connectivity index (χ0n) is 21.7. The molecule has 2 aliphatic rings. The predicted octanol–water partition coefficient (Wildman–Crippen LogP) is 5.09. The number of amides is 1. The van der Waals surface area contributed by atoms with Gasteiger partial charge in [-0.25, -0.2) is 4.39 Å². The third kappa shape index (κ3) is 4.21. The number of aryl methyl sites for hydroxylation is 2. The summed E-state index contributed by atoms with van der Waals surface area (Å²) >= 11 is 3.62. The van der Waals surface area contributed by atoms with Crippen LogP contribution in [0, 0.1) is 18.8 Å². The summed E-state index contributed by atoms with van der Waals surface area (Å²) in [5, 5.41) is 19.0. The summed E-state index contributed by atoms with van der Waals surface area (Å²) in [4.78, 5) is 15.4. The van der Waals surface area contributed by atoms with Crippen LogP contribution in [0.25, 0.3) is 0 Å². The van der Waals surface area contributed by atoms with Crippen LogP contribution in [0.5, 0.6) is 0 Å². The van der Waals surface area contributed by atoms with E-state index in [-0.39, 0.29) is 5.91 Å². The summed E-state index contributed by atoms with van der Waals surface area (Å²) in [7, 11) is 1.74. The quantitative estimate of drug-likeness (QED) is 0.446. The van der Waals surface area contributed by atoms with Gasteiger partial charge in [0.15, 0.2) is 5.60 Å². The van der Waals surface area contributed by atoms with Crippen molar-refractivity contribution in [3.8, 4) is 0 Å². The van der Waals surface area contributed by atoms with Gasteiger partial charge in [-0.15, -0.1) is 5.10 Å². The lowest BCUT2D eigenvalue weighted by atomic mass is 9.71. The van der Waals surface area contributed by atoms with E-state index in [1.807, 2.05) is 56.3 Å². The highest BCUT2D eigenvalue weighted by atomic mass is 79.9. The molecule has 1 fully saturated rings. The standard InChI is InChI=1S/C28H32BrFN4O3/c1-16-13-19-24(20(29)14-16)33(5)26(36)28(19)17(2)23(27(3,4)30)22(37-28)11-12-34-15-21(31-32-34)25(35)18-9-7-6-8-10-18/h6-10,13-15,17,22-23,25,35H,11-12H2,1-5H3/t17-,22+,23-,25-,28+/m1/s1. The summed E-state index contributed by atoms with van der Waals surface area (Å²) in [5.74, 6) is -1.09. The monoisotopic (exact) mass is 570 g/mol. The van der Waals surface area contributed by atoms with Crippen LogP contribution in [0.3, 0.4) is 0 Å². The van der Waals surface area contributed by atoms with Crippen LogP contribution < -0.4 is 4.90 Å². The van der Waals surface area contributed by atoms with Crippen molar-refractivity contribution in [3.05, 3.63) is 75.5 Å². The number of carbonyl (C=O) groups excluding carboxylic acids is 1.